The van der Waals surface area contributed by atoms with Crippen molar-refractivity contribution in [1.29, 1.82) is 5.41 Å². The summed E-state index contributed by atoms with van der Waals surface area (Å²) in [5.74, 6) is 1.01. The summed E-state index contributed by atoms with van der Waals surface area (Å²) in [6, 6.07) is 5.81. The number of hydrogen-bond acceptors (Lipinski definition) is 7. The molecule has 1 aliphatic heterocycles. The lowest BCUT2D eigenvalue weighted by Gasteiger charge is -2.42. The van der Waals surface area contributed by atoms with Crippen LogP contribution in [0.2, 0.25) is 5.02 Å². The van der Waals surface area contributed by atoms with E-state index in [2.05, 4.69) is 20.2 Å². The molecule has 8 heteroatoms. The van der Waals surface area contributed by atoms with Crippen LogP contribution >= 0.6 is 11.6 Å². The van der Waals surface area contributed by atoms with Crippen LogP contribution in [0.5, 0.6) is 0 Å². The molecule has 2 heterocycles. The summed E-state index contributed by atoms with van der Waals surface area (Å²) in [4.78, 5) is 11.3. The van der Waals surface area contributed by atoms with Gasteiger partial charge in [0.05, 0.1) is 22.6 Å². The third-order valence-electron chi connectivity index (χ3n) is 6.62. The average molecular weight is 414 g/mol. The number of nitrogens with zero attached hydrogens (tertiary/aromatic N) is 3. The van der Waals surface area contributed by atoms with Crippen LogP contribution in [-0.2, 0) is 0 Å². The van der Waals surface area contributed by atoms with Gasteiger partial charge in [0.15, 0.2) is 5.82 Å². The van der Waals surface area contributed by atoms with Gasteiger partial charge >= 0.3 is 0 Å². The van der Waals surface area contributed by atoms with Crippen LogP contribution in [0.1, 0.15) is 43.4 Å². The maximum absolute atomic E-state index is 8.55. The zero-order valence-corrected chi connectivity index (χ0v) is 17.5. The topological polar surface area (TPSA) is 117 Å². The summed E-state index contributed by atoms with van der Waals surface area (Å²) in [5.41, 5.74) is 14.7. The number of nitrogens with two attached hydrogens (primary N) is 2. The highest BCUT2D eigenvalue weighted by atomic mass is 35.5. The molecule has 0 radical (unpaired) electrons. The molecule has 154 valence electrons. The highest BCUT2D eigenvalue weighted by molar-refractivity contribution is 6.37. The fourth-order valence-corrected chi connectivity index (χ4v) is 5.07. The lowest BCUT2D eigenvalue weighted by Crippen LogP contribution is -2.47. The number of nitrogens with one attached hydrogen (secondary N) is 2. The third-order valence-corrected chi connectivity index (χ3v) is 7.03. The molecule has 6 N–H and O–H groups in total. The zero-order chi connectivity index (χ0) is 20.6. The predicted molar refractivity (Wildman–Crippen MR) is 119 cm³/mol. The molecule has 1 spiro atoms. The summed E-state index contributed by atoms with van der Waals surface area (Å²) in [7, 11) is 1.79. The van der Waals surface area contributed by atoms with Crippen molar-refractivity contribution in [3.05, 3.63) is 40.7 Å². The molecule has 0 unspecified atom stereocenters. The standard InChI is InChI=1S/C21H28ClN7/c1-26-14-5-2-4-13(17(14)22)18(24)19-20(25)28-16(12-27-19)29-10-8-21(9-11-29)7-3-6-15(21)23/h2,4-5,12,15,24,26H,3,6-11,23H2,1H3,(H2,25,28)/t15-/m1/s1. The van der Waals surface area contributed by atoms with Gasteiger partial charge in [-0.05, 0) is 37.2 Å². The van der Waals surface area contributed by atoms with E-state index in [0.717, 1.165) is 43.9 Å². The van der Waals surface area contributed by atoms with Crippen LogP contribution in [0.15, 0.2) is 24.4 Å². The molecule has 7 nitrogen and oxygen atoms in total. The van der Waals surface area contributed by atoms with Gasteiger partial charge in [-0.2, -0.15) is 0 Å². The van der Waals surface area contributed by atoms with Crippen LogP contribution in [-0.4, -0.2) is 41.9 Å². The van der Waals surface area contributed by atoms with Crippen LogP contribution in [0.25, 0.3) is 0 Å². The van der Waals surface area contributed by atoms with Crippen LogP contribution in [0.3, 0.4) is 0 Å². The number of halogens is 1. The molecular weight excluding hydrogens is 386 g/mol. The van der Waals surface area contributed by atoms with Crippen molar-refractivity contribution >= 4 is 34.6 Å². The summed E-state index contributed by atoms with van der Waals surface area (Å²) >= 11 is 6.42. The zero-order valence-electron chi connectivity index (χ0n) is 16.7. The van der Waals surface area contributed by atoms with Gasteiger partial charge in [-0.25, -0.2) is 9.97 Å². The number of rotatable bonds is 4. The van der Waals surface area contributed by atoms with Crippen LogP contribution in [0.4, 0.5) is 17.3 Å². The summed E-state index contributed by atoms with van der Waals surface area (Å²) in [6.07, 6.45) is 7.49. The fraction of sp³-hybridized carbons (Fsp3) is 0.476. The minimum absolute atomic E-state index is 0.165. The first-order chi connectivity index (χ1) is 13.9. The second-order valence-electron chi connectivity index (χ2n) is 8.10. The first kappa shape index (κ1) is 19.9. The summed E-state index contributed by atoms with van der Waals surface area (Å²) in [6.45, 7) is 1.82. The molecule has 1 saturated heterocycles. The smallest absolute Gasteiger partial charge is 0.154 e. The Morgan fingerprint density at radius 3 is 2.69 bits per heavy atom. The van der Waals surface area contributed by atoms with Crippen LogP contribution < -0.4 is 21.7 Å². The molecule has 0 amide bonds. The largest absolute Gasteiger partial charge is 0.387 e. The second-order valence-corrected chi connectivity index (χ2v) is 8.48. The monoisotopic (exact) mass is 413 g/mol. The molecule has 1 atom stereocenters. The molecule has 2 aromatic rings. The number of anilines is 3. The van der Waals surface area contributed by atoms with E-state index in [1.807, 2.05) is 12.1 Å². The normalized spacial score (nSPS) is 20.8. The third kappa shape index (κ3) is 3.53. The number of aromatic nitrogens is 2. The summed E-state index contributed by atoms with van der Waals surface area (Å²) in [5, 5.41) is 12.0. The van der Waals surface area contributed by atoms with E-state index < -0.39 is 0 Å². The maximum Gasteiger partial charge on any atom is 0.154 e. The Labute approximate surface area is 176 Å². The van der Waals surface area contributed by atoms with Gasteiger partial charge in [0.2, 0.25) is 0 Å². The van der Waals surface area contributed by atoms with Gasteiger partial charge < -0.3 is 21.7 Å². The molecule has 29 heavy (non-hydrogen) atoms. The van der Waals surface area contributed by atoms with E-state index >= 15 is 0 Å². The van der Waals surface area contributed by atoms with Crippen molar-refractivity contribution in [2.24, 2.45) is 11.1 Å². The Morgan fingerprint density at radius 2 is 2.07 bits per heavy atom. The van der Waals surface area contributed by atoms with Crippen molar-refractivity contribution in [2.75, 3.05) is 36.1 Å². The minimum atomic E-state index is 0.165. The molecular formula is C21H28ClN7. The van der Waals surface area contributed by atoms with Crippen LogP contribution in [0, 0.1) is 10.8 Å². The molecule has 1 aliphatic carbocycles. The van der Waals surface area contributed by atoms with Crippen molar-refractivity contribution in [2.45, 2.75) is 38.1 Å². The highest BCUT2D eigenvalue weighted by Crippen LogP contribution is 2.45. The van der Waals surface area contributed by atoms with E-state index in [0.29, 0.717) is 27.7 Å². The van der Waals surface area contributed by atoms with E-state index in [1.165, 1.54) is 12.8 Å². The Balaban J connectivity index is 1.52. The Bertz CT molecular complexity index is 921. The van der Waals surface area contributed by atoms with Crippen molar-refractivity contribution in [3.8, 4) is 0 Å². The lowest BCUT2D eigenvalue weighted by molar-refractivity contribution is 0.197. The number of nitrogen functional groups attached to an aromatic ring is 1. The fourth-order valence-electron chi connectivity index (χ4n) is 4.75. The van der Waals surface area contributed by atoms with Gasteiger partial charge in [-0.3, -0.25) is 5.41 Å². The first-order valence-corrected chi connectivity index (χ1v) is 10.5. The summed E-state index contributed by atoms with van der Waals surface area (Å²) < 4.78 is 0. The molecule has 0 bridgehead atoms. The van der Waals surface area contributed by atoms with Crippen molar-refractivity contribution < 1.29 is 0 Å². The van der Waals surface area contributed by atoms with E-state index in [9.17, 15) is 0 Å². The van der Waals surface area contributed by atoms with E-state index in [4.69, 9.17) is 28.5 Å². The molecule has 2 aliphatic rings. The Morgan fingerprint density at radius 1 is 1.31 bits per heavy atom. The average Bonchev–Trinajstić information content (AvgIpc) is 3.08. The predicted octanol–water partition coefficient (Wildman–Crippen LogP) is 3.27. The SMILES string of the molecule is CNc1cccc(C(=N)c2ncc(N3CCC4(CCC[C@H]4N)CC3)nc2N)c1Cl. The molecule has 1 aromatic carbocycles. The van der Waals surface area contributed by atoms with E-state index in [-0.39, 0.29) is 11.5 Å². The van der Waals surface area contributed by atoms with Gasteiger partial charge in [0.1, 0.15) is 11.5 Å². The lowest BCUT2D eigenvalue weighted by atomic mass is 9.74. The minimum Gasteiger partial charge on any atom is -0.387 e. The maximum atomic E-state index is 8.55. The quantitative estimate of drug-likeness (QED) is 0.571. The number of piperidine rings is 1. The first-order valence-electron chi connectivity index (χ1n) is 10.1. The number of hydrogen-bond donors (Lipinski definition) is 4. The second kappa shape index (κ2) is 7.80. The van der Waals surface area contributed by atoms with Gasteiger partial charge in [-0.1, -0.05) is 30.2 Å². The van der Waals surface area contributed by atoms with Gasteiger partial charge in [-0.15, -0.1) is 0 Å². The Kier molecular flexibility index (Phi) is 5.36. The van der Waals surface area contributed by atoms with E-state index in [1.54, 1.807) is 19.3 Å². The molecule has 1 aromatic heterocycles. The molecule has 1 saturated carbocycles. The Hall–Kier alpha value is -2.38. The number of benzene rings is 1. The molecule has 4 rings (SSSR count). The molecule has 2 fully saturated rings. The van der Waals surface area contributed by atoms with Gasteiger partial charge in [0, 0.05) is 31.7 Å². The van der Waals surface area contributed by atoms with Crippen molar-refractivity contribution in [3.63, 3.8) is 0 Å². The van der Waals surface area contributed by atoms with Crippen molar-refractivity contribution in [1.82, 2.24) is 9.97 Å². The van der Waals surface area contributed by atoms with Gasteiger partial charge in [0.25, 0.3) is 0 Å². The highest BCUT2D eigenvalue weighted by Gasteiger charge is 2.43.